The molecule has 0 aliphatic carbocycles. The fourth-order valence-electron chi connectivity index (χ4n) is 3.36. The number of nitrogens with zero attached hydrogens (tertiary/aromatic N) is 2. The van der Waals surface area contributed by atoms with E-state index in [1.54, 1.807) is 18.2 Å². The van der Waals surface area contributed by atoms with Crippen LogP contribution in [0.5, 0.6) is 0 Å². The van der Waals surface area contributed by atoms with E-state index >= 15 is 0 Å². The van der Waals surface area contributed by atoms with Crippen molar-refractivity contribution in [1.29, 1.82) is 0 Å². The van der Waals surface area contributed by atoms with E-state index in [0.29, 0.717) is 32.0 Å². The molecule has 7 nitrogen and oxygen atoms in total. The summed E-state index contributed by atoms with van der Waals surface area (Å²) in [7, 11) is -3.68. The quantitative estimate of drug-likeness (QED) is 0.604. The van der Waals surface area contributed by atoms with Crippen LogP contribution in [0.25, 0.3) is 10.9 Å². The van der Waals surface area contributed by atoms with Crippen LogP contribution in [-0.2, 0) is 14.8 Å². The van der Waals surface area contributed by atoms with Crippen molar-refractivity contribution in [2.24, 2.45) is 0 Å². The normalized spacial score (nSPS) is 15.3. The summed E-state index contributed by atoms with van der Waals surface area (Å²) in [5.41, 5.74) is 2.41. The lowest BCUT2D eigenvalue weighted by Crippen LogP contribution is -2.40. The summed E-state index contributed by atoms with van der Waals surface area (Å²) >= 11 is 3.44. The maximum atomic E-state index is 12.9. The number of hydrogen-bond donors (Lipinski definition) is 1. The number of benzene rings is 2. The van der Waals surface area contributed by atoms with Crippen LogP contribution >= 0.6 is 15.9 Å². The minimum atomic E-state index is -3.68. The average molecular weight is 490 g/mol. The number of halogens is 1. The molecule has 0 unspecified atom stereocenters. The van der Waals surface area contributed by atoms with Crippen molar-refractivity contribution in [2.45, 2.75) is 11.8 Å². The molecule has 0 atom stereocenters. The van der Waals surface area contributed by atoms with Crippen LogP contribution in [0.4, 0.5) is 5.69 Å². The van der Waals surface area contributed by atoms with E-state index in [2.05, 4.69) is 26.2 Å². The van der Waals surface area contributed by atoms with Gasteiger partial charge in [-0.25, -0.2) is 8.42 Å². The fraction of sp³-hybridized carbons (Fsp3) is 0.238. The van der Waals surface area contributed by atoms with Gasteiger partial charge in [-0.05, 0) is 49.4 Å². The summed E-state index contributed by atoms with van der Waals surface area (Å²) in [5, 5.41) is 3.69. The molecule has 0 bridgehead atoms. The zero-order chi connectivity index (χ0) is 21.3. The minimum absolute atomic E-state index is 0.0931. The van der Waals surface area contributed by atoms with E-state index in [-0.39, 0.29) is 16.4 Å². The summed E-state index contributed by atoms with van der Waals surface area (Å²) in [6.07, 6.45) is 0. The third-order valence-electron chi connectivity index (χ3n) is 4.85. The molecule has 0 radical (unpaired) electrons. The Morgan fingerprint density at radius 2 is 1.90 bits per heavy atom. The predicted molar refractivity (Wildman–Crippen MR) is 118 cm³/mol. The Bertz CT molecular complexity index is 1220. The lowest BCUT2D eigenvalue weighted by Gasteiger charge is -2.26. The van der Waals surface area contributed by atoms with E-state index < -0.39 is 10.0 Å². The van der Waals surface area contributed by atoms with Crippen LogP contribution in [0.15, 0.2) is 57.9 Å². The third kappa shape index (κ3) is 4.24. The van der Waals surface area contributed by atoms with Gasteiger partial charge >= 0.3 is 0 Å². The van der Waals surface area contributed by atoms with Gasteiger partial charge in [-0.1, -0.05) is 22.0 Å². The molecular formula is C21H20BrN3O4S. The Labute approximate surface area is 183 Å². The Morgan fingerprint density at radius 3 is 2.67 bits per heavy atom. The van der Waals surface area contributed by atoms with Gasteiger partial charge in [-0.3, -0.25) is 9.78 Å². The van der Waals surface area contributed by atoms with E-state index in [1.165, 1.54) is 16.4 Å². The number of aryl methyl sites for hydroxylation is 1. The molecule has 0 saturated carbocycles. The number of anilines is 1. The predicted octanol–water partition coefficient (Wildman–Crippen LogP) is 3.58. The minimum Gasteiger partial charge on any atom is -0.379 e. The molecule has 1 amide bonds. The number of nitrogens with one attached hydrogen (secondary N) is 1. The fourth-order valence-corrected chi connectivity index (χ4v) is 5.18. The van der Waals surface area contributed by atoms with Crippen molar-refractivity contribution in [2.75, 3.05) is 31.6 Å². The SMILES string of the molecule is Cc1cc(NC(=O)c2cccc(S(=O)(=O)N3CCOCC3)c2)c2cc(Br)ccc2n1. The van der Waals surface area contributed by atoms with Crippen LogP contribution in [0.1, 0.15) is 16.1 Å². The molecule has 30 heavy (non-hydrogen) atoms. The van der Waals surface area contributed by atoms with Crippen molar-refractivity contribution >= 4 is 48.5 Å². The first kappa shape index (κ1) is 20.9. The highest BCUT2D eigenvalue weighted by atomic mass is 79.9. The third-order valence-corrected chi connectivity index (χ3v) is 7.24. The Hall–Kier alpha value is -2.33. The monoisotopic (exact) mass is 489 g/mol. The van der Waals surface area contributed by atoms with Gasteiger partial charge < -0.3 is 10.1 Å². The number of rotatable bonds is 4. The summed E-state index contributed by atoms with van der Waals surface area (Å²) in [6.45, 7) is 3.19. The van der Waals surface area contributed by atoms with E-state index in [0.717, 1.165) is 21.1 Å². The second-order valence-electron chi connectivity index (χ2n) is 6.97. The molecule has 1 saturated heterocycles. The molecule has 1 aliphatic rings. The molecule has 9 heteroatoms. The zero-order valence-electron chi connectivity index (χ0n) is 16.3. The standard InChI is InChI=1S/C21H20BrN3O4S/c1-14-11-20(18-13-16(22)5-6-19(18)23-14)24-21(26)15-3-2-4-17(12-15)30(27,28)25-7-9-29-10-8-25/h2-6,11-13H,7-10H2,1H3,(H,23,24,26). The highest BCUT2D eigenvalue weighted by Crippen LogP contribution is 2.27. The summed E-state index contributed by atoms with van der Waals surface area (Å²) < 4.78 is 33.3. The van der Waals surface area contributed by atoms with E-state index in [1.807, 2.05) is 25.1 Å². The largest absolute Gasteiger partial charge is 0.379 e. The first-order chi connectivity index (χ1) is 14.3. The van der Waals surface area contributed by atoms with Crippen LogP contribution in [0.3, 0.4) is 0 Å². The van der Waals surface area contributed by atoms with Crippen molar-refractivity contribution in [3.63, 3.8) is 0 Å². The highest BCUT2D eigenvalue weighted by molar-refractivity contribution is 9.10. The van der Waals surface area contributed by atoms with Crippen LogP contribution in [-0.4, -0.2) is 49.9 Å². The van der Waals surface area contributed by atoms with Crippen LogP contribution in [0.2, 0.25) is 0 Å². The molecular weight excluding hydrogens is 470 g/mol. The van der Waals surface area contributed by atoms with Crippen LogP contribution in [0, 0.1) is 6.92 Å². The Morgan fingerprint density at radius 1 is 1.13 bits per heavy atom. The highest BCUT2D eigenvalue weighted by Gasteiger charge is 2.27. The second-order valence-corrected chi connectivity index (χ2v) is 9.82. The topological polar surface area (TPSA) is 88.6 Å². The number of hydrogen-bond acceptors (Lipinski definition) is 5. The van der Waals surface area contributed by atoms with Gasteiger partial charge in [0.1, 0.15) is 0 Å². The number of carbonyl (C=O) groups excluding carboxylic acids is 1. The van der Waals surface area contributed by atoms with E-state index in [9.17, 15) is 13.2 Å². The molecule has 2 heterocycles. The molecule has 1 aromatic heterocycles. The number of amides is 1. The van der Waals surface area contributed by atoms with Crippen molar-refractivity contribution in [1.82, 2.24) is 9.29 Å². The summed E-state index contributed by atoms with van der Waals surface area (Å²) in [6, 6.07) is 13.5. The molecule has 1 N–H and O–H groups in total. The Balaban J connectivity index is 1.65. The maximum absolute atomic E-state index is 12.9. The number of sulfonamides is 1. The number of aromatic nitrogens is 1. The van der Waals surface area contributed by atoms with Gasteiger partial charge in [0.25, 0.3) is 5.91 Å². The average Bonchev–Trinajstić information content (AvgIpc) is 2.75. The van der Waals surface area contributed by atoms with Gasteiger partial charge in [0.05, 0.1) is 29.3 Å². The molecule has 4 rings (SSSR count). The van der Waals surface area contributed by atoms with E-state index in [4.69, 9.17) is 4.74 Å². The lowest BCUT2D eigenvalue weighted by atomic mass is 10.1. The number of morpholine rings is 1. The Kier molecular flexibility index (Phi) is 5.88. The smallest absolute Gasteiger partial charge is 0.255 e. The van der Waals surface area contributed by atoms with Crippen molar-refractivity contribution in [3.05, 3.63) is 64.3 Å². The van der Waals surface area contributed by atoms with Crippen molar-refractivity contribution < 1.29 is 17.9 Å². The molecule has 0 spiro atoms. The lowest BCUT2D eigenvalue weighted by molar-refractivity contribution is 0.0730. The van der Waals surface area contributed by atoms with Gasteiger partial charge in [0.2, 0.25) is 10.0 Å². The van der Waals surface area contributed by atoms with Gasteiger partial charge in [-0.2, -0.15) is 4.31 Å². The summed E-state index contributed by atoms with van der Waals surface area (Å²) in [4.78, 5) is 17.5. The van der Waals surface area contributed by atoms with Gasteiger partial charge in [0, 0.05) is 34.2 Å². The molecule has 1 fully saturated rings. The molecule has 2 aromatic carbocycles. The molecule has 3 aromatic rings. The summed E-state index contributed by atoms with van der Waals surface area (Å²) in [5.74, 6) is -0.388. The van der Waals surface area contributed by atoms with Crippen molar-refractivity contribution in [3.8, 4) is 0 Å². The maximum Gasteiger partial charge on any atom is 0.255 e. The number of ether oxygens (including phenoxy) is 1. The number of carbonyl (C=O) groups is 1. The van der Waals surface area contributed by atoms with Gasteiger partial charge in [-0.15, -0.1) is 0 Å². The zero-order valence-corrected chi connectivity index (χ0v) is 18.7. The number of fused-ring (bicyclic) bond motifs is 1. The first-order valence-electron chi connectivity index (χ1n) is 9.41. The second kappa shape index (κ2) is 8.43. The van der Waals surface area contributed by atoms with Gasteiger partial charge in [0.15, 0.2) is 0 Å². The molecule has 156 valence electrons. The first-order valence-corrected chi connectivity index (χ1v) is 11.6. The molecule has 1 aliphatic heterocycles. The number of pyridine rings is 1. The van der Waals surface area contributed by atoms with Crippen LogP contribution < -0.4 is 5.32 Å².